The van der Waals surface area contributed by atoms with Crippen molar-refractivity contribution in [2.75, 3.05) is 14.2 Å². The first-order chi connectivity index (χ1) is 11.6. The summed E-state index contributed by atoms with van der Waals surface area (Å²) in [6, 6.07) is 11.2. The maximum absolute atomic E-state index is 13.1. The van der Waals surface area contributed by atoms with Crippen LogP contribution in [0.2, 0.25) is 0 Å². The molecule has 0 aliphatic heterocycles. The van der Waals surface area contributed by atoms with Crippen molar-refractivity contribution in [1.29, 1.82) is 0 Å². The molecule has 0 amide bonds. The van der Waals surface area contributed by atoms with Crippen LogP contribution < -0.4 is 14.9 Å². The fourth-order valence-electron chi connectivity index (χ4n) is 2.86. The number of aromatic nitrogens is 1. The zero-order valence-corrected chi connectivity index (χ0v) is 14.0. The Kier molecular flexibility index (Phi) is 4.13. The zero-order chi connectivity index (χ0) is 17.3. The van der Waals surface area contributed by atoms with Crippen LogP contribution in [0.15, 0.2) is 54.0 Å². The van der Waals surface area contributed by atoms with Gasteiger partial charge < -0.3 is 14.0 Å². The van der Waals surface area contributed by atoms with Gasteiger partial charge in [-0.05, 0) is 29.3 Å². The van der Waals surface area contributed by atoms with E-state index in [1.54, 1.807) is 20.3 Å². The van der Waals surface area contributed by atoms with Gasteiger partial charge in [0.15, 0.2) is 5.43 Å². The van der Waals surface area contributed by atoms with E-state index in [-0.39, 0.29) is 5.43 Å². The third kappa shape index (κ3) is 2.56. The summed E-state index contributed by atoms with van der Waals surface area (Å²) >= 11 is 0. The topological polar surface area (TPSA) is 40.5 Å². The quantitative estimate of drug-likeness (QED) is 0.732. The predicted molar refractivity (Wildman–Crippen MR) is 97.8 cm³/mol. The molecule has 0 N–H and O–H groups in total. The highest BCUT2D eigenvalue weighted by molar-refractivity contribution is 5.92. The van der Waals surface area contributed by atoms with Gasteiger partial charge in [0.1, 0.15) is 11.5 Å². The Morgan fingerprint density at radius 3 is 2.29 bits per heavy atom. The summed E-state index contributed by atoms with van der Waals surface area (Å²) in [7, 11) is 5.15. The van der Waals surface area contributed by atoms with Crippen LogP contribution in [-0.2, 0) is 7.05 Å². The number of rotatable bonds is 4. The smallest absolute Gasteiger partial charge is 0.197 e. The van der Waals surface area contributed by atoms with Gasteiger partial charge >= 0.3 is 0 Å². The summed E-state index contributed by atoms with van der Waals surface area (Å²) in [5.41, 5.74) is 3.04. The van der Waals surface area contributed by atoms with E-state index in [1.807, 2.05) is 54.2 Å². The molecule has 0 aliphatic carbocycles. The maximum atomic E-state index is 13.1. The summed E-state index contributed by atoms with van der Waals surface area (Å²) in [6.07, 6.45) is 3.53. The van der Waals surface area contributed by atoms with Crippen molar-refractivity contribution in [3.8, 4) is 22.6 Å². The average molecular weight is 321 g/mol. The lowest BCUT2D eigenvalue weighted by Crippen LogP contribution is -2.11. The van der Waals surface area contributed by atoms with Crippen LogP contribution in [0.1, 0.15) is 5.56 Å². The van der Waals surface area contributed by atoms with Crippen molar-refractivity contribution in [3.63, 3.8) is 0 Å². The Bertz CT molecular complexity index is 969. The van der Waals surface area contributed by atoms with E-state index in [0.717, 1.165) is 22.4 Å². The minimum absolute atomic E-state index is 0.0224. The third-order valence-electron chi connectivity index (χ3n) is 4.15. The summed E-state index contributed by atoms with van der Waals surface area (Å²) in [5, 5.41) is 0.640. The Morgan fingerprint density at radius 1 is 1.04 bits per heavy atom. The third-order valence-corrected chi connectivity index (χ3v) is 4.15. The highest BCUT2D eigenvalue weighted by atomic mass is 16.5. The van der Waals surface area contributed by atoms with Gasteiger partial charge in [-0.15, -0.1) is 0 Å². The molecule has 0 aliphatic rings. The Morgan fingerprint density at radius 2 is 1.71 bits per heavy atom. The molecular formula is C20H19NO3. The SMILES string of the molecule is C=Cc1cc(OC)cc2c1c(=O)c(-c1ccc(OC)cc1)cn2C. The Labute approximate surface area is 140 Å². The van der Waals surface area contributed by atoms with Gasteiger partial charge in [-0.1, -0.05) is 24.8 Å². The van der Waals surface area contributed by atoms with Gasteiger partial charge in [0.25, 0.3) is 0 Å². The molecule has 1 aromatic heterocycles. The van der Waals surface area contributed by atoms with Crippen molar-refractivity contribution in [1.82, 2.24) is 4.57 Å². The number of pyridine rings is 1. The lowest BCUT2D eigenvalue weighted by molar-refractivity contribution is 0.415. The first kappa shape index (κ1) is 15.9. The lowest BCUT2D eigenvalue weighted by atomic mass is 10.0. The zero-order valence-electron chi connectivity index (χ0n) is 14.0. The number of aryl methyl sites for hydroxylation is 1. The molecule has 1 heterocycles. The van der Waals surface area contributed by atoms with E-state index in [1.165, 1.54) is 0 Å². The van der Waals surface area contributed by atoms with Crippen LogP contribution in [-0.4, -0.2) is 18.8 Å². The molecule has 0 radical (unpaired) electrons. The van der Waals surface area contributed by atoms with Crippen LogP contribution >= 0.6 is 0 Å². The minimum Gasteiger partial charge on any atom is -0.497 e. The van der Waals surface area contributed by atoms with Gasteiger partial charge in [0.05, 0.1) is 25.1 Å². The second kappa shape index (κ2) is 6.24. The number of hydrogen-bond donors (Lipinski definition) is 0. The molecule has 3 rings (SSSR count). The molecule has 4 nitrogen and oxygen atoms in total. The van der Waals surface area contributed by atoms with E-state index in [2.05, 4.69) is 6.58 Å². The van der Waals surface area contributed by atoms with Crippen molar-refractivity contribution >= 4 is 17.0 Å². The van der Waals surface area contributed by atoms with Gasteiger partial charge in [-0.2, -0.15) is 0 Å². The number of ether oxygens (including phenoxy) is 2. The largest absolute Gasteiger partial charge is 0.497 e. The summed E-state index contributed by atoms with van der Waals surface area (Å²) in [4.78, 5) is 13.1. The van der Waals surface area contributed by atoms with Crippen LogP contribution in [0.5, 0.6) is 11.5 Å². The average Bonchev–Trinajstić information content (AvgIpc) is 2.63. The van der Waals surface area contributed by atoms with Crippen LogP contribution in [0, 0.1) is 0 Å². The van der Waals surface area contributed by atoms with E-state index in [4.69, 9.17) is 9.47 Å². The molecular weight excluding hydrogens is 302 g/mol. The highest BCUT2D eigenvalue weighted by Gasteiger charge is 2.13. The predicted octanol–water partition coefficient (Wildman–Crippen LogP) is 3.87. The molecule has 0 fully saturated rings. The van der Waals surface area contributed by atoms with Gasteiger partial charge in [0.2, 0.25) is 0 Å². The van der Waals surface area contributed by atoms with Crippen LogP contribution in [0.25, 0.3) is 28.1 Å². The number of hydrogen-bond acceptors (Lipinski definition) is 3. The standard InChI is InChI=1S/C20H19NO3/c1-5-13-10-16(24-4)11-18-19(13)20(22)17(12-21(18)2)14-6-8-15(23-3)9-7-14/h5-12H,1H2,2-4H3. The lowest BCUT2D eigenvalue weighted by Gasteiger charge is -2.13. The monoisotopic (exact) mass is 321 g/mol. The second-order valence-corrected chi connectivity index (χ2v) is 5.53. The summed E-state index contributed by atoms with van der Waals surface area (Å²) < 4.78 is 12.4. The highest BCUT2D eigenvalue weighted by Crippen LogP contribution is 2.27. The van der Waals surface area contributed by atoms with E-state index >= 15 is 0 Å². The fourth-order valence-corrected chi connectivity index (χ4v) is 2.86. The molecule has 122 valence electrons. The molecule has 4 heteroatoms. The molecule has 0 saturated heterocycles. The van der Waals surface area contributed by atoms with E-state index < -0.39 is 0 Å². The van der Waals surface area contributed by atoms with E-state index in [9.17, 15) is 4.79 Å². The molecule has 3 aromatic rings. The molecule has 24 heavy (non-hydrogen) atoms. The normalized spacial score (nSPS) is 10.6. The fraction of sp³-hybridized carbons (Fsp3) is 0.150. The second-order valence-electron chi connectivity index (χ2n) is 5.53. The number of fused-ring (bicyclic) bond motifs is 1. The van der Waals surface area contributed by atoms with Crippen molar-refractivity contribution in [2.24, 2.45) is 7.05 Å². The number of methoxy groups -OCH3 is 2. The van der Waals surface area contributed by atoms with Crippen molar-refractivity contribution in [3.05, 3.63) is 65.0 Å². The van der Waals surface area contributed by atoms with Crippen LogP contribution in [0.3, 0.4) is 0 Å². The molecule has 0 saturated carbocycles. The van der Waals surface area contributed by atoms with Gasteiger partial charge in [-0.25, -0.2) is 0 Å². The maximum Gasteiger partial charge on any atom is 0.197 e. The van der Waals surface area contributed by atoms with Crippen LogP contribution in [0.4, 0.5) is 0 Å². The minimum atomic E-state index is -0.0224. The van der Waals surface area contributed by atoms with Gasteiger partial charge in [-0.3, -0.25) is 4.79 Å². The summed E-state index contributed by atoms with van der Waals surface area (Å²) in [5.74, 6) is 1.46. The first-order valence-corrected chi connectivity index (χ1v) is 7.57. The first-order valence-electron chi connectivity index (χ1n) is 7.57. The summed E-state index contributed by atoms with van der Waals surface area (Å²) in [6.45, 7) is 3.83. The molecule has 0 unspecified atom stereocenters. The number of nitrogens with zero attached hydrogens (tertiary/aromatic N) is 1. The molecule has 0 bridgehead atoms. The molecule has 0 atom stereocenters. The van der Waals surface area contributed by atoms with Crippen molar-refractivity contribution < 1.29 is 9.47 Å². The Hall–Kier alpha value is -3.01. The number of benzene rings is 2. The van der Waals surface area contributed by atoms with E-state index in [0.29, 0.717) is 16.7 Å². The Balaban J connectivity index is 2.33. The molecule has 0 spiro atoms. The van der Waals surface area contributed by atoms with Crippen molar-refractivity contribution in [2.45, 2.75) is 0 Å². The van der Waals surface area contributed by atoms with Gasteiger partial charge in [0, 0.05) is 24.9 Å². The molecule has 2 aromatic carbocycles.